The minimum atomic E-state index is 0.750. The van der Waals surface area contributed by atoms with Gasteiger partial charge in [0.25, 0.3) is 0 Å². The van der Waals surface area contributed by atoms with E-state index in [0.717, 1.165) is 16.9 Å². The summed E-state index contributed by atoms with van der Waals surface area (Å²) in [5, 5.41) is 0. The fourth-order valence-electron chi connectivity index (χ4n) is 4.68. The van der Waals surface area contributed by atoms with Gasteiger partial charge in [-0.1, -0.05) is 38.8 Å². The summed E-state index contributed by atoms with van der Waals surface area (Å²) in [4.78, 5) is 2.77. The molecule has 4 rings (SSSR count). The molecule has 3 aliphatic carbocycles. The van der Waals surface area contributed by atoms with Gasteiger partial charge < -0.3 is 4.90 Å². The number of nitrogens with zero attached hydrogens (tertiary/aromatic N) is 1. The minimum Gasteiger partial charge on any atom is -0.300 e. The van der Waals surface area contributed by atoms with Crippen LogP contribution in [0.5, 0.6) is 0 Å². The Morgan fingerprint density at radius 1 is 1.11 bits per heavy atom. The van der Waals surface area contributed by atoms with Crippen LogP contribution < -0.4 is 0 Å². The van der Waals surface area contributed by atoms with Gasteiger partial charge in [0.05, 0.1) is 0 Å². The summed E-state index contributed by atoms with van der Waals surface area (Å²) in [6.07, 6.45) is 14.2. The fourth-order valence-corrected chi connectivity index (χ4v) is 4.68. The van der Waals surface area contributed by atoms with Gasteiger partial charge in [-0.15, -0.1) is 0 Å². The van der Waals surface area contributed by atoms with Crippen molar-refractivity contribution in [1.82, 2.24) is 4.90 Å². The first-order chi connectivity index (χ1) is 9.24. The predicted molar refractivity (Wildman–Crippen MR) is 82.3 cm³/mol. The third-order valence-electron chi connectivity index (χ3n) is 6.19. The van der Waals surface area contributed by atoms with E-state index in [0.29, 0.717) is 0 Å². The fraction of sp³-hybridized carbons (Fsp3) is 0.889. The maximum Gasteiger partial charge on any atom is 0.0133 e. The van der Waals surface area contributed by atoms with Crippen LogP contribution in [0.4, 0.5) is 0 Å². The monoisotopic (exact) mass is 261 g/mol. The molecule has 1 aliphatic heterocycles. The number of allylic oxidation sites excluding steroid dienone is 1. The van der Waals surface area contributed by atoms with Crippen molar-refractivity contribution in [3.63, 3.8) is 0 Å². The summed E-state index contributed by atoms with van der Waals surface area (Å²) in [7, 11) is 0. The second-order valence-corrected chi connectivity index (χ2v) is 7.25. The van der Waals surface area contributed by atoms with Crippen molar-refractivity contribution < 1.29 is 0 Å². The number of rotatable bonds is 2. The first kappa shape index (κ1) is 13.7. The van der Waals surface area contributed by atoms with E-state index in [4.69, 9.17) is 0 Å². The Bertz CT molecular complexity index is 356. The maximum absolute atomic E-state index is 2.77. The first-order valence-electron chi connectivity index (χ1n) is 8.67. The summed E-state index contributed by atoms with van der Waals surface area (Å²) in [6.45, 7) is 9.23. The van der Waals surface area contributed by atoms with Gasteiger partial charge in [0.1, 0.15) is 0 Å². The van der Waals surface area contributed by atoms with Crippen LogP contribution in [0.1, 0.15) is 72.1 Å². The molecule has 0 bridgehead atoms. The van der Waals surface area contributed by atoms with Crippen molar-refractivity contribution in [3.05, 3.63) is 11.6 Å². The Morgan fingerprint density at radius 2 is 1.74 bits per heavy atom. The largest absolute Gasteiger partial charge is 0.300 e. The van der Waals surface area contributed by atoms with E-state index in [2.05, 4.69) is 17.9 Å². The highest BCUT2D eigenvalue weighted by molar-refractivity contribution is 5.43. The molecule has 0 amide bonds. The van der Waals surface area contributed by atoms with Crippen LogP contribution >= 0.6 is 0 Å². The molecule has 1 heteroatoms. The third-order valence-corrected chi connectivity index (χ3v) is 6.19. The van der Waals surface area contributed by atoms with Gasteiger partial charge in [-0.05, 0) is 68.9 Å². The quantitative estimate of drug-likeness (QED) is 0.647. The van der Waals surface area contributed by atoms with Crippen molar-refractivity contribution in [2.24, 2.45) is 10.8 Å². The number of fused-ring (bicyclic) bond motifs is 1. The van der Waals surface area contributed by atoms with Gasteiger partial charge >= 0.3 is 0 Å². The molecule has 2 saturated carbocycles. The zero-order chi connectivity index (χ0) is 13.5. The summed E-state index contributed by atoms with van der Waals surface area (Å²) < 4.78 is 0. The molecule has 3 fully saturated rings. The van der Waals surface area contributed by atoms with Gasteiger partial charge in [0.15, 0.2) is 0 Å². The van der Waals surface area contributed by atoms with Gasteiger partial charge in [0, 0.05) is 6.04 Å². The number of piperidine rings is 1. The van der Waals surface area contributed by atoms with Crippen LogP contribution in [0.25, 0.3) is 0 Å². The molecule has 0 aromatic rings. The van der Waals surface area contributed by atoms with Crippen LogP contribution in [0, 0.1) is 10.8 Å². The molecule has 19 heavy (non-hydrogen) atoms. The molecule has 1 unspecified atom stereocenters. The Balaban J connectivity index is 0.000000528. The molecule has 0 spiro atoms. The lowest BCUT2D eigenvalue weighted by molar-refractivity contribution is 0.151. The van der Waals surface area contributed by atoms with E-state index in [9.17, 15) is 0 Å². The average molecular weight is 261 g/mol. The topological polar surface area (TPSA) is 3.24 Å². The third kappa shape index (κ3) is 2.18. The van der Waals surface area contributed by atoms with E-state index in [1.54, 1.807) is 0 Å². The Kier molecular flexibility index (Phi) is 3.53. The summed E-state index contributed by atoms with van der Waals surface area (Å²) in [5.74, 6) is 0. The van der Waals surface area contributed by atoms with Crippen LogP contribution in [0.3, 0.4) is 0 Å². The molecule has 0 radical (unpaired) electrons. The van der Waals surface area contributed by atoms with E-state index >= 15 is 0 Å². The van der Waals surface area contributed by atoms with E-state index in [1.165, 1.54) is 64.5 Å². The zero-order valence-electron chi connectivity index (χ0n) is 13.2. The van der Waals surface area contributed by atoms with E-state index in [-0.39, 0.29) is 0 Å². The molecule has 0 N–H and O–H groups in total. The van der Waals surface area contributed by atoms with Crippen molar-refractivity contribution in [2.75, 3.05) is 13.1 Å². The van der Waals surface area contributed by atoms with Crippen LogP contribution in [-0.2, 0) is 0 Å². The lowest BCUT2D eigenvalue weighted by Gasteiger charge is -2.36. The first-order valence-corrected chi connectivity index (χ1v) is 8.67. The maximum atomic E-state index is 2.77. The second-order valence-electron chi connectivity index (χ2n) is 7.25. The molecular weight excluding hydrogens is 230 g/mol. The van der Waals surface area contributed by atoms with Crippen LogP contribution in [0.2, 0.25) is 0 Å². The Labute approximate surface area is 119 Å². The van der Waals surface area contributed by atoms with Crippen molar-refractivity contribution in [1.29, 1.82) is 0 Å². The smallest absolute Gasteiger partial charge is 0.0133 e. The molecule has 1 heterocycles. The lowest BCUT2D eigenvalue weighted by atomic mass is 9.87. The standard InChI is InChI=1S/C16H25N.C2H6/c1-15-11-16(15,12-15)13-5-7-14(8-6-13)17-9-3-2-4-10-17;1-2/h5,14H,2-4,6-12H2,1H3;1-2H3. The highest BCUT2D eigenvalue weighted by atomic mass is 15.2. The van der Waals surface area contributed by atoms with Crippen LogP contribution in [0.15, 0.2) is 11.6 Å². The number of hydrogen-bond donors (Lipinski definition) is 0. The summed E-state index contributed by atoms with van der Waals surface area (Å²) in [5.41, 5.74) is 3.38. The highest BCUT2D eigenvalue weighted by Crippen LogP contribution is 2.89. The van der Waals surface area contributed by atoms with Gasteiger partial charge in [-0.3, -0.25) is 0 Å². The van der Waals surface area contributed by atoms with Crippen molar-refractivity contribution in [3.8, 4) is 0 Å². The normalized spacial score (nSPS) is 44.6. The number of hydrogen-bond acceptors (Lipinski definition) is 1. The SMILES string of the molecule is CC.CC12CC1(C1=CCC(N3CCCCC3)CC1)C2. The summed E-state index contributed by atoms with van der Waals surface area (Å²) >= 11 is 0. The molecule has 0 aromatic heterocycles. The van der Waals surface area contributed by atoms with Crippen LogP contribution in [-0.4, -0.2) is 24.0 Å². The molecular formula is C18H31N. The van der Waals surface area contributed by atoms with Gasteiger partial charge in [0.2, 0.25) is 0 Å². The van der Waals surface area contributed by atoms with E-state index < -0.39 is 0 Å². The molecule has 1 atom stereocenters. The Morgan fingerprint density at radius 3 is 2.21 bits per heavy atom. The van der Waals surface area contributed by atoms with Crippen molar-refractivity contribution >= 4 is 0 Å². The predicted octanol–water partition coefficient (Wildman–Crippen LogP) is 4.78. The molecule has 4 aliphatic rings. The number of likely N-dealkylation sites (tertiary alicyclic amines) is 1. The molecule has 108 valence electrons. The van der Waals surface area contributed by atoms with Crippen molar-refractivity contribution in [2.45, 2.75) is 78.2 Å². The van der Waals surface area contributed by atoms with Gasteiger partial charge in [-0.25, -0.2) is 0 Å². The lowest BCUT2D eigenvalue weighted by Crippen LogP contribution is -2.40. The molecule has 1 nitrogen and oxygen atoms in total. The molecule has 1 saturated heterocycles. The zero-order valence-corrected chi connectivity index (χ0v) is 13.2. The Hall–Kier alpha value is -0.300. The second kappa shape index (κ2) is 4.91. The molecule has 0 aromatic carbocycles. The minimum absolute atomic E-state index is 0.750. The summed E-state index contributed by atoms with van der Waals surface area (Å²) in [6, 6.07) is 0.888. The highest BCUT2D eigenvalue weighted by Gasteiger charge is 2.80. The average Bonchev–Trinajstić information content (AvgIpc) is 3.27. The van der Waals surface area contributed by atoms with E-state index in [1.807, 2.05) is 19.4 Å². The van der Waals surface area contributed by atoms with Gasteiger partial charge in [-0.2, -0.15) is 0 Å².